The van der Waals surface area contributed by atoms with Crippen molar-refractivity contribution >= 4 is 17.4 Å². The molecule has 0 radical (unpaired) electrons. The van der Waals surface area contributed by atoms with Gasteiger partial charge in [-0.2, -0.15) is 0 Å². The smallest absolute Gasteiger partial charge is 0.297 e. The zero-order chi connectivity index (χ0) is 15.2. The van der Waals surface area contributed by atoms with E-state index in [0.29, 0.717) is 18.0 Å². The van der Waals surface area contributed by atoms with E-state index < -0.39 is 29.6 Å². The Kier molecular flexibility index (Phi) is 3.22. The molecule has 1 aromatic carbocycles. The Bertz CT molecular complexity index is 580. The van der Waals surface area contributed by atoms with E-state index in [9.17, 15) is 9.59 Å². The van der Waals surface area contributed by atoms with Crippen molar-refractivity contribution in [1.82, 2.24) is 0 Å². The summed E-state index contributed by atoms with van der Waals surface area (Å²) in [4.78, 5) is 25.3. The molecule has 6 heteroatoms. The molecule has 21 heavy (non-hydrogen) atoms. The van der Waals surface area contributed by atoms with Gasteiger partial charge in [0.05, 0.1) is 13.7 Å². The van der Waals surface area contributed by atoms with Crippen LogP contribution < -0.4 is 9.64 Å². The molecule has 2 aliphatic heterocycles. The Balaban J connectivity index is 1.83. The van der Waals surface area contributed by atoms with Gasteiger partial charge in [-0.25, -0.2) is 0 Å². The Labute approximate surface area is 122 Å². The minimum atomic E-state index is -0.727. The Hall–Kier alpha value is -1.92. The molecule has 3 rings (SSSR count). The van der Waals surface area contributed by atoms with Gasteiger partial charge in [0, 0.05) is 5.69 Å². The molecule has 2 fully saturated rings. The minimum absolute atomic E-state index is 0.295. The molecule has 2 heterocycles. The average molecular weight is 291 g/mol. The number of ether oxygens (including phenoxy) is 3. The fourth-order valence-corrected chi connectivity index (χ4v) is 2.65. The maximum absolute atomic E-state index is 11.9. The number of hydrogen-bond donors (Lipinski definition) is 0. The molecule has 0 aromatic heterocycles. The molecule has 0 N–H and O–H groups in total. The van der Waals surface area contributed by atoms with Gasteiger partial charge in [0.2, 0.25) is 5.78 Å². The van der Waals surface area contributed by atoms with Crippen molar-refractivity contribution in [2.45, 2.75) is 31.8 Å². The first kappa shape index (κ1) is 14.0. The number of nitrogens with zero attached hydrogens (tertiary/aromatic N) is 1. The predicted molar refractivity (Wildman–Crippen MR) is 74.2 cm³/mol. The summed E-state index contributed by atoms with van der Waals surface area (Å²) in [7, 11) is 1.57. The Morgan fingerprint density at radius 2 is 1.90 bits per heavy atom. The maximum Gasteiger partial charge on any atom is 0.297 e. The van der Waals surface area contributed by atoms with Crippen molar-refractivity contribution in [1.29, 1.82) is 0 Å². The van der Waals surface area contributed by atoms with Gasteiger partial charge in [-0.15, -0.1) is 0 Å². The van der Waals surface area contributed by atoms with Crippen LogP contribution in [0.25, 0.3) is 0 Å². The summed E-state index contributed by atoms with van der Waals surface area (Å²) >= 11 is 0. The molecular weight excluding hydrogens is 274 g/mol. The lowest BCUT2D eigenvalue weighted by Gasteiger charge is -2.41. The highest BCUT2D eigenvalue weighted by Crippen LogP contribution is 2.34. The standard InChI is InChI=1S/C15H17NO5/c1-15(2)20-8-11(21-15)12-13(17)14(18)16(12)9-4-6-10(19-3)7-5-9/h4-7,11-12H,8H2,1-3H3/t11?,12-/m0/s1. The number of carbonyl (C=O) groups is 2. The lowest BCUT2D eigenvalue weighted by atomic mass is 9.93. The van der Waals surface area contributed by atoms with E-state index in [-0.39, 0.29) is 0 Å². The van der Waals surface area contributed by atoms with Crippen LogP contribution in [0.3, 0.4) is 0 Å². The zero-order valence-electron chi connectivity index (χ0n) is 12.2. The van der Waals surface area contributed by atoms with E-state index in [1.54, 1.807) is 45.2 Å². The normalized spacial score (nSPS) is 27.7. The molecule has 0 bridgehead atoms. The number of amides is 1. The molecular formula is C15H17NO5. The summed E-state index contributed by atoms with van der Waals surface area (Å²) in [5.41, 5.74) is 0.652. The molecule has 1 unspecified atom stereocenters. The first-order valence-electron chi connectivity index (χ1n) is 6.76. The summed E-state index contributed by atoms with van der Waals surface area (Å²) in [6.45, 7) is 3.87. The number of methoxy groups -OCH3 is 1. The fourth-order valence-electron chi connectivity index (χ4n) is 2.65. The molecule has 0 spiro atoms. The fraction of sp³-hybridized carbons (Fsp3) is 0.467. The molecule has 6 nitrogen and oxygen atoms in total. The highest BCUT2D eigenvalue weighted by atomic mass is 16.7. The molecule has 112 valence electrons. The second-order valence-electron chi connectivity index (χ2n) is 5.55. The minimum Gasteiger partial charge on any atom is -0.497 e. The van der Waals surface area contributed by atoms with Crippen LogP contribution in [0.15, 0.2) is 24.3 Å². The third kappa shape index (κ3) is 2.30. The monoisotopic (exact) mass is 291 g/mol. The SMILES string of the molecule is COc1ccc(N2C(=O)C(=O)[C@@H]2C2COC(C)(C)O2)cc1. The highest BCUT2D eigenvalue weighted by molar-refractivity contribution is 6.52. The number of benzene rings is 1. The van der Waals surface area contributed by atoms with Crippen LogP contribution in [-0.2, 0) is 19.1 Å². The van der Waals surface area contributed by atoms with Gasteiger partial charge in [-0.3, -0.25) is 14.5 Å². The summed E-state index contributed by atoms with van der Waals surface area (Å²) in [5, 5.41) is 0. The summed E-state index contributed by atoms with van der Waals surface area (Å²) in [5.74, 6) is -0.985. The lowest BCUT2D eigenvalue weighted by Crippen LogP contribution is -2.67. The van der Waals surface area contributed by atoms with Gasteiger partial charge in [0.15, 0.2) is 5.79 Å². The maximum atomic E-state index is 11.9. The number of Topliss-reactive ketones (excluding diaryl/α,β-unsaturated/α-hetero) is 1. The quantitative estimate of drug-likeness (QED) is 0.617. The number of ketones is 1. The van der Waals surface area contributed by atoms with Crippen molar-refractivity contribution < 1.29 is 23.8 Å². The van der Waals surface area contributed by atoms with Crippen LogP contribution in [0.1, 0.15) is 13.8 Å². The van der Waals surface area contributed by atoms with Crippen molar-refractivity contribution in [3.8, 4) is 5.75 Å². The van der Waals surface area contributed by atoms with Crippen LogP contribution in [0.2, 0.25) is 0 Å². The van der Waals surface area contributed by atoms with Gasteiger partial charge in [-0.1, -0.05) is 0 Å². The number of hydrogen-bond acceptors (Lipinski definition) is 5. The van der Waals surface area contributed by atoms with E-state index >= 15 is 0 Å². The average Bonchev–Trinajstić information content (AvgIpc) is 2.83. The number of rotatable bonds is 3. The topological polar surface area (TPSA) is 65.1 Å². The van der Waals surface area contributed by atoms with Crippen molar-refractivity contribution in [3.63, 3.8) is 0 Å². The second kappa shape index (κ2) is 4.82. The van der Waals surface area contributed by atoms with Gasteiger partial charge in [0.25, 0.3) is 5.91 Å². The van der Waals surface area contributed by atoms with Gasteiger partial charge >= 0.3 is 0 Å². The third-order valence-corrected chi connectivity index (χ3v) is 3.71. The van der Waals surface area contributed by atoms with Gasteiger partial charge in [0.1, 0.15) is 17.9 Å². The number of carbonyl (C=O) groups excluding carboxylic acids is 2. The van der Waals surface area contributed by atoms with E-state index in [0.717, 1.165) is 0 Å². The highest BCUT2D eigenvalue weighted by Gasteiger charge is 2.54. The summed E-state index contributed by atoms with van der Waals surface area (Å²) < 4.78 is 16.3. The van der Waals surface area contributed by atoms with E-state index in [2.05, 4.69) is 0 Å². The zero-order valence-corrected chi connectivity index (χ0v) is 12.2. The van der Waals surface area contributed by atoms with Crippen molar-refractivity contribution in [2.75, 3.05) is 18.6 Å². The molecule has 2 aliphatic rings. The van der Waals surface area contributed by atoms with Crippen LogP contribution in [0.4, 0.5) is 5.69 Å². The molecule has 1 aromatic rings. The van der Waals surface area contributed by atoms with Crippen molar-refractivity contribution in [2.24, 2.45) is 0 Å². The van der Waals surface area contributed by atoms with Gasteiger partial charge < -0.3 is 14.2 Å². The molecule has 0 saturated carbocycles. The van der Waals surface area contributed by atoms with Crippen LogP contribution in [0.5, 0.6) is 5.75 Å². The summed E-state index contributed by atoms with van der Waals surface area (Å²) in [6.07, 6.45) is -0.438. The van der Waals surface area contributed by atoms with E-state index in [1.807, 2.05) is 0 Å². The molecule has 2 saturated heterocycles. The number of β-lactam (4-membered cyclic amide) rings is 1. The molecule has 2 atom stereocenters. The lowest BCUT2D eigenvalue weighted by molar-refractivity contribution is -0.156. The van der Waals surface area contributed by atoms with Gasteiger partial charge in [-0.05, 0) is 38.1 Å². The Morgan fingerprint density at radius 1 is 1.24 bits per heavy atom. The number of anilines is 1. The molecule has 1 amide bonds. The van der Waals surface area contributed by atoms with E-state index in [1.165, 1.54) is 4.90 Å². The largest absolute Gasteiger partial charge is 0.497 e. The molecule has 0 aliphatic carbocycles. The summed E-state index contributed by atoms with van der Waals surface area (Å²) in [6, 6.07) is 6.37. The Morgan fingerprint density at radius 3 is 2.43 bits per heavy atom. The van der Waals surface area contributed by atoms with Crippen LogP contribution >= 0.6 is 0 Å². The first-order valence-corrected chi connectivity index (χ1v) is 6.76. The second-order valence-corrected chi connectivity index (χ2v) is 5.55. The van der Waals surface area contributed by atoms with Crippen LogP contribution in [0, 0.1) is 0 Å². The first-order chi connectivity index (χ1) is 9.93. The predicted octanol–water partition coefficient (Wildman–Crippen LogP) is 1.13. The van der Waals surface area contributed by atoms with Crippen LogP contribution in [-0.4, -0.2) is 43.3 Å². The van der Waals surface area contributed by atoms with E-state index in [4.69, 9.17) is 14.2 Å². The van der Waals surface area contributed by atoms with Crippen molar-refractivity contribution in [3.05, 3.63) is 24.3 Å². The third-order valence-electron chi connectivity index (χ3n) is 3.71.